The van der Waals surface area contributed by atoms with Gasteiger partial charge >= 0.3 is 0 Å². The molecule has 4 nitrogen and oxygen atoms in total. The molecule has 0 aliphatic rings. The number of hydrogen-bond donors (Lipinski definition) is 1. The van der Waals surface area contributed by atoms with E-state index >= 15 is 0 Å². The van der Waals surface area contributed by atoms with E-state index in [2.05, 4.69) is 12.2 Å². The van der Waals surface area contributed by atoms with Crippen LogP contribution in [0.2, 0.25) is 10.0 Å². The van der Waals surface area contributed by atoms with E-state index in [0.29, 0.717) is 41.4 Å². The minimum absolute atomic E-state index is 0.0833. The quantitative estimate of drug-likeness (QED) is 0.451. The molecule has 0 aromatic heterocycles. The first-order chi connectivity index (χ1) is 14.5. The second kappa shape index (κ2) is 12.6. The topological polar surface area (TPSA) is 49.4 Å². The summed E-state index contributed by atoms with van der Waals surface area (Å²) in [5.74, 6) is -0.236. The highest BCUT2D eigenvalue weighted by Gasteiger charge is 2.30. The number of carbonyl (C=O) groups is 2. The van der Waals surface area contributed by atoms with Crippen LogP contribution in [0.25, 0.3) is 0 Å². The third-order valence-corrected chi connectivity index (χ3v) is 5.66. The van der Waals surface area contributed by atoms with E-state index in [-0.39, 0.29) is 18.4 Å². The van der Waals surface area contributed by atoms with E-state index in [4.69, 9.17) is 23.2 Å². The number of nitrogens with one attached hydrogen (secondary N) is 1. The highest BCUT2D eigenvalue weighted by Crippen LogP contribution is 2.27. The molecule has 2 amide bonds. The molecule has 1 N–H and O–H groups in total. The van der Waals surface area contributed by atoms with Gasteiger partial charge < -0.3 is 10.2 Å². The molecule has 0 saturated heterocycles. The van der Waals surface area contributed by atoms with Crippen molar-refractivity contribution < 1.29 is 9.59 Å². The van der Waals surface area contributed by atoms with Crippen molar-refractivity contribution in [3.05, 3.63) is 69.7 Å². The molecular formula is C24H30Cl2N2O2. The lowest BCUT2D eigenvalue weighted by Crippen LogP contribution is -2.50. The van der Waals surface area contributed by atoms with E-state index in [1.165, 1.54) is 0 Å². The van der Waals surface area contributed by atoms with Gasteiger partial charge in [-0.15, -0.1) is 0 Å². The number of unbranched alkanes of at least 4 members (excludes halogenated alkanes) is 1. The minimum Gasteiger partial charge on any atom is -0.354 e. The number of amides is 2. The average Bonchev–Trinajstić information content (AvgIpc) is 2.73. The third-order valence-electron chi connectivity index (χ3n) is 4.95. The van der Waals surface area contributed by atoms with Crippen LogP contribution in [0.5, 0.6) is 0 Å². The summed E-state index contributed by atoms with van der Waals surface area (Å²) in [4.78, 5) is 27.9. The Hall–Kier alpha value is -2.04. The Labute approximate surface area is 189 Å². The molecule has 1 unspecified atom stereocenters. The number of hydrogen-bond acceptors (Lipinski definition) is 2. The molecule has 0 spiro atoms. The number of rotatable bonds is 11. The van der Waals surface area contributed by atoms with Gasteiger partial charge in [0.25, 0.3) is 0 Å². The Morgan fingerprint density at radius 1 is 0.967 bits per heavy atom. The van der Waals surface area contributed by atoms with Crippen molar-refractivity contribution in [2.24, 2.45) is 0 Å². The van der Waals surface area contributed by atoms with Gasteiger partial charge in [-0.05, 0) is 30.5 Å². The van der Waals surface area contributed by atoms with Gasteiger partial charge in [0.1, 0.15) is 6.04 Å². The SMILES string of the molecule is CCCCNC(=O)C(Cc1ccccc1)N(Cc1c(Cl)cccc1Cl)C(=O)CCC. The van der Waals surface area contributed by atoms with E-state index in [1.807, 2.05) is 37.3 Å². The van der Waals surface area contributed by atoms with Gasteiger partial charge in [-0.25, -0.2) is 0 Å². The van der Waals surface area contributed by atoms with Crippen molar-refractivity contribution in [1.82, 2.24) is 10.2 Å². The molecule has 0 saturated carbocycles. The van der Waals surface area contributed by atoms with E-state index in [9.17, 15) is 9.59 Å². The first-order valence-corrected chi connectivity index (χ1v) is 11.3. The monoisotopic (exact) mass is 448 g/mol. The maximum absolute atomic E-state index is 13.2. The molecule has 2 aromatic rings. The second-order valence-corrected chi connectivity index (χ2v) is 8.14. The van der Waals surface area contributed by atoms with Gasteiger partial charge in [0, 0.05) is 41.5 Å². The zero-order valence-corrected chi connectivity index (χ0v) is 19.2. The van der Waals surface area contributed by atoms with Crippen molar-refractivity contribution in [3.8, 4) is 0 Å². The third kappa shape index (κ3) is 7.03. The summed E-state index contributed by atoms with van der Waals surface area (Å²) in [6.07, 6.45) is 3.35. The van der Waals surface area contributed by atoms with Gasteiger partial charge in [0.2, 0.25) is 11.8 Å². The lowest BCUT2D eigenvalue weighted by atomic mass is 10.0. The highest BCUT2D eigenvalue weighted by atomic mass is 35.5. The molecule has 0 heterocycles. The van der Waals surface area contributed by atoms with Crippen LogP contribution in [-0.2, 0) is 22.6 Å². The number of carbonyl (C=O) groups excluding carboxylic acids is 2. The summed E-state index contributed by atoms with van der Waals surface area (Å²) in [6, 6.07) is 14.4. The molecule has 0 fully saturated rings. The lowest BCUT2D eigenvalue weighted by Gasteiger charge is -2.32. The minimum atomic E-state index is -0.643. The molecule has 2 aromatic carbocycles. The average molecular weight is 449 g/mol. The van der Waals surface area contributed by atoms with Crippen molar-refractivity contribution in [2.75, 3.05) is 6.54 Å². The Morgan fingerprint density at radius 2 is 1.63 bits per heavy atom. The smallest absolute Gasteiger partial charge is 0.243 e. The van der Waals surface area contributed by atoms with Crippen LogP contribution < -0.4 is 5.32 Å². The zero-order valence-electron chi connectivity index (χ0n) is 17.7. The molecule has 0 aliphatic heterocycles. The van der Waals surface area contributed by atoms with Gasteiger partial charge in [-0.1, -0.05) is 79.9 Å². The van der Waals surface area contributed by atoms with Crippen LogP contribution in [0.3, 0.4) is 0 Å². The highest BCUT2D eigenvalue weighted by molar-refractivity contribution is 6.36. The Bertz CT molecular complexity index is 807. The molecule has 0 bridgehead atoms. The van der Waals surface area contributed by atoms with Gasteiger partial charge in [0.15, 0.2) is 0 Å². The Balaban J connectivity index is 2.39. The summed E-state index contributed by atoms with van der Waals surface area (Å²) in [5.41, 5.74) is 1.65. The van der Waals surface area contributed by atoms with Crippen LogP contribution in [0.1, 0.15) is 50.7 Å². The van der Waals surface area contributed by atoms with E-state index < -0.39 is 6.04 Å². The second-order valence-electron chi connectivity index (χ2n) is 7.32. The molecule has 162 valence electrons. The number of halogens is 2. The molecule has 0 radical (unpaired) electrons. The summed E-state index contributed by atoms with van der Waals surface area (Å²) < 4.78 is 0. The molecule has 6 heteroatoms. The van der Waals surface area contributed by atoms with Crippen LogP contribution in [0.4, 0.5) is 0 Å². The van der Waals surface area contributed by atoms with Gasteiger partial charge in [0.05, 0.1) is 0 Å². The first-order valence-electron chi connectivity index (χ1n) is 10.5. The summed E-state index contributed by atoms with van der Waals surface area (Å²) in [5, 5.41) is 3.97. The standard InChI is InChI=1S/C24H30Cl2N2O2/c1-3-5-15-27-24(30)22(16-18-11-7-6-8-12-18)28(23(29)10-4-2)17-19-20(25)13-9-14-21(19)26/h6-9,11-14,22H,3-5,10,15-17H2,1-2H3,(H,27,30). The van der Waals surface area contributed by atoms with Crippen LogP contribution in [0.15, 0.2) is 48.5 Å². The van der Waals surface area contributed by atoms with Crippen molar-refractivity contribution in [3.63, 3.8) is 0 Å². The molecular weight excluding hydrogens is 419 g/mol. The van der Waals surface area contributed by atoms with Crippen molar-refractivity contribution in [1.29, 1.82) is 0 Å². The number of benzene rings is 2. The van der Waals surface area contributed by atoms with Crippen LogP contribution >= 0.6 is 23.2 Å². The maximum Gasteiger partial charge on any atom is 0.243 e. The fourth-order valence-corrected chi connectivity index (χ4v) is 3.79. The Morgan fingerprint density at radius 3 is 2.23 bits per heavy atom. The lowest BCUT2D eigenvalue weighted by molar-refractivity contribution is -0.141. The predicted octanol–water partition coefficient (Wildman–Crippen LogP) is 5.65. The van der Waals surface area contributed by atoms with Crippen LogP contribution in [-0.4, -0.2) is 29.3 Å². The van der Waals surface area contributed by atoms with E-state index in [0.717, 1.165) is 18.4 Å². The van der Waals surface area contributed by atoms with Crippen molar-refractivity contribution in [2.45, 2.75) is 58.5 Å². The van der Waals surface area contributed by atoms with Gasteiger partial charge in [-0.3, -0.25) is 9.59 Å². The van der Waals surface area contributed by atoms with Crippen molar-refractivity contribution >= 4 is 35.0 Å². The maximum atomic E-state index is 13.2. The first kappa shape index (κ1) is 24.2. The summed E-state index contributed by atoms with van der Waals surface area (Å²) >= 11 is 12.8. The summed E-state index contributed by atoms with van der Waals surface area (Å²) in [7, 11) is 0. The molecule has 2 rings (SSSR count). The van der Waals surface area contributed by atoms with Gasteiger partial charge in [-0.2, -0.15) is 0 Å². The van der Waals surface area contributed by atoms with E-state index in [1.54, 1.807) is 23.1 Å². The zero-order chi connectivity index (χ0) is 21.9. The number of nitrogens with zero attached hydrogens (tertiary/aromatic N) is 1. The van der Waals surface area contributed by atoms with Crippen LogP contribution in [0, 0.1) is 0 Å². The molecule has 1 atom stereocenters. The summed E-state index contributed by atoms with van der Waals surface area (Å²) in [6.45, 7) is 4.80. The molecule has 30 heavy (non-hydrogen) atoms. The normalized spacial score (nSPS) is 11.7. The Kier molecular flexibility index (Phi) is 10.2. The fraction of sp³-hybridized carbons (Fsp3) is 0.417. The fourth-order valence-electron chi connectivity index (χ4n) is 3.27. The molecule has 0 aliphatic carbocycles. The largest absolute Gasteiger partial charge is 0.354 e. The predicted molar refractivity (Wildman–Crippen MR) is 124 cm³/mol.